The molecule has 1 amide bonds. The zero-order chi connectivity index (χ0) is 21.8. The van der Waals surface area contributed by atoms with Crippen molar-refractivity contribution in [3.8, 4) is 0 Å². The van der Waals surface area contributed by atoms with Crippen LogP contribution in [-0.4, -0.2) is 26.4 Å². The predicted octanol–water partition coefficient (Wildman–Crippen LogP) is 4.95. The third-order valence-corrected chi connectivity index (χ3v) is 6.38. The van der Waals surface area contributed by atoms with Gasteiger partial charge in [0, 0.05) is 5.92 Å². The number of benzene rings is 2. The lowest BCUT2D eigenvalue weighted by Crippen LogP contribution is -2.33. The van der Waals surface area contributed by atoms with E-state index in [0.29, 0.717) is 12.5 Å². The number of carbonyl (C=O) groups excluding carboxylic acids is 1. The number of carbonyl (C=O) groups is 1. The Hall–Kier alpha value is -2.67. The Kier molecular flexibility index (Phi) is 6.70. The van der Waals surface area contributed by atoms with Gasteiger partial charge in [0.25, 0.3) is 0 Å². The molecule has 5 nitrogen and oxygen atoms in total. The number of rotatable bonds is 9. The molecule has 7 heteroatoms. The van der Waals surface area contributed by atoms with Crippen molar-refractivity contribution in [3.05, 3.63) is 77.4 Å². The number of thioether (sulfide) groups is 1. The van der Waals surface area contributed by atoms with Gasteiger partial charge in [0.15, 0.2) is 5.16 Å². The van der Waals surface area contributed by atoms with Crippen LogP contribution in [0.2, 0.25) is 0 Å². The van der Waals surface area contributed by atoms with Crippen LogP contribution in [0.1, 0.15) is 55.6 Å². The quantitative estimate of drug-likeness (QED) is 0.480. The fourth-order valence-electron chi connectivity index (χ4n) is 3.62. The topological polar surface area (TPSA) is 59.8 Å². The third kappa shape index (κ3) is 5.53. The summed E-state index contributed by atoms with van der Waals surface area (Å²) in [4.78, 5) is 12.7. The SMILES string of the molecule is CC(C)C(NC(=O)CSc1nnc(C2CC2)n1Cc1ccccc1)c1ccc(F)cc1. The Morgan fingerprint density at radius 2 is 1.84 bits per heavy atom. The Morgan fingerprint density at radius 3 is 2.48 bits per heavy atom. The second-order valence-electron chi connectivity index (χ2n) is 8.32. The lowest BCUT2D eigenvalue weighted by Gasteiger charge is -2.23. The van der Waals surface area contributed by atoms with Gasteiger partial charge >= 0.3 is 0 Å². The van der Waals surface area contributed by atoms with Gasteiger partial charge in [-0.3, -0.25) is 4.79 Å². The van der Waals surface area contributed by atoms with E-state index in [4.69, 9.17) is 0 Å². The average Bonchev–Trinajstić information content (AvgIpc) is 3.53. The molecular formula is C24H27FN4OS. The maximum absolute atomic E-state index is 13.3. The first kappa shape index (κ1) is 21.6. The number of nitrogens with zero attached hydrogens (tertiary/aromatic N) is 3. The van der Waals surface area contributed by atoms with Crippen LogP contribution in [0.3, 0.4) is 0 Å². The monoisotopic (exact) mass is 438 g/mol. The minimum absolute atomic E-state index is 0.0738. The third-order valence-electron chi connectivity index (χ3n) is 5.42. The van der Waals surface area contributed by atoms with Crippen LogP contribution >= 0.6 is 11.8 Å². The summed E-state index contributed by atoms with van der Waals surface area (Å²) in [5.41, 5.74) is 2.09. The summed E-state index contributed by atoms with van der Waals surface area (Å²) >= 11 is 1.41. The first-order valence-electron chi connectivity index (χ1n) is 10.7. The van der Waals surface area contributed by atoms with Crippen molar-refractivity contribution >= 4 is 17.7 Å². The van der Waals surface area contributed by atoms with E-state index in [1.54, 1.807) is 12.1 Å². The van der Waals surface area contributed by atoms with Crippen molar-refractivity contribution in [2.45, 2.75) is 50.4 Å². The summed E-state index contributed by atoms with van der Waals surface area (Å²) in [6.07, 6.45) is 2.29. The van der Waals surface area contributed by atoms with Gasteiger partial charge in [-0.2, -0.15) is 0 Å². The summed E-state index contributed by atoms with van der Waals surface area (Å²) in [5, 5.41) is 12.7. The molecule has 1 aliphatic carbocycles. The lowest BCUT2D eigenvalue weighted by molar-refractivity contribution is -0.119. The van der Waals surface area contributed by atoms with Crippen LogP contribution < -0.4 is 5.32 Å². The molecule has 0 radical (unpaired) electrons. The first-order chi connectivity index (χ1) is 15.0. The highest BCUT2D eigenvalue weighted by atomic mass is 32.2. The van der Waals surface area contributed by atoms with Gasteiger partial charge in [0.2, 0.25) is 5.91 Å². The van der Waals surface area contributed by atoms with Gasteiger partial charge in [-0.05, 0) is 42.0 Å². The van der Waals surface area contributed by atoms with Crippen molar-refractivity contribution in [1.82, 2.24) is 20.1 Å². The Balaban J connectivity index is 1.43. The Bertz CT molecular complexity index is 1020. The number of aromatic nitrogens is 3. The van der Waals surface area contributed by atoms with E-state index in [1.165, 1.54) is 29.5 Å². The van der Waals surface area contributed by atoms with Gasteiger partial charge in [-0.1, -0.05) is 68.1 Å². The molecule has 1 N–H and O–H groups in total. The summed E-state index contributed by atoms with van der Waals surface area (Å²) in [5.74, 6) is 1.57. The Morgan fingerprint density at radius 1 is 1.13 bits per heavy atom. The highest BCUT2D eigenvalue weighted by molar-refractivity contribution is 7.99. The molecule has 1 fully saturated rings. The maximum Gasteiger partial charge on any atom is 0.230 e. The number of hydrogen-bond donors (Lipinski definition) is 1. The van der Waals surface area contributed by atoms with Gasteiger partial charge in [-0.15, -0.1) is 10.2 Å². The predicted molar refractivity (Wildman–Crippen MR) is 120 cm³/mol. The first-order valence-corrected chi connectivity index (χ1v) is 11.6. The van der Waals surface area contributed by atoms with Crippen molar-refractivity contribution in [2.75, 3.05) is 5.75 Å². The standard InChI is InChI=1S/C24H27FN4OS/c1-16(2)22(18-10-12-20(25)13-11-18)26-21(30)15-31-24-28-27-23(19-8-9-19)29(24)14-17-6-4-3-5-7-17/h3-7,10-13,16,19,22H,8-9,14-15H2,1-2H3,(H,26,30). The average molecular weight is 439 g/mol. The van der Waals surface area contributed by atoms with Crippen molar-refractivity contribution in [2.24, 2.45) is 5.92 Å². The van der Waals surface area contributed by atoms with Crippen LogP contribution in [0.25, 0.3) is 0 Å². The van der Waals surface area contributed by atoms with Crippen molar-refractivity contribution in [3.63, 3.8) is 0 Å². The normalized spacial score (nSPS) is 14.6. The van der Waals surface area contributed by atoms with Gasteiger partial charge in [0.05, 0.1) is 18.3 Å². The van der Waals surface area contributed by atoms with Gasteiger partial charge < -0.3 is 9.88 Å². The number of amides is 1. The molecule has 0 spiro atoms. The number of hydrogen-bond acceptors (Lipinski definition) is 4. The lowest BCUT2D eigenvalue weighted by atomic mass is 9.96. The molecule has 1 aliphatic rings. The van der Waals surface area contributed by atoms with Crippen LogP contribution in [0.4, 0.5) is 4.39 Å². The summed E-state index contributed by atoms with van der Waals surface area (Å²) < 4.78 is 15.4. The van der Waals surface area contributed by atoms with E-state index in [0.717, 1.165) is 29.4 Å². The molecule has 4 rings (SSSR count). The second kappa shape index (κ2) is 9.64. The molecule has 1 saturated carbocycles. The van der Waals surface area contributed by atoms with E-state index in [-0.39, 0.29) is 29.4 Å². The van der Waals surface area contributed by atoms with E-state index in [9.17, 15) is 9.18 Å². The van der Waals surface area contributed by atoms with E-state index in [1.807, 2.05) is 32.0 Å². The second-order valence-corrected chi connectivity index (χ2v) is 9.26. The molecule has 1 unspecified atom stereocenters. The molecule has 0 aliphatic heterocycles. The highest BCUT2D eigenvalue weighted by Crippen LogP contribution is 2.40. The van der Waals surface area contributed by atoms with Crippen molar-refractivity contribution < 1.29 is 9.18 Å². The summed E-state index contributed by atoms with van der Waals surface area (Å²) in [6.45, 7) is 4.79. The number of halogens is 1. The van der Waals surface area contributed by atoms with Gasteiger partial charge in [0.1, 0.15) is 11.6 Å². The largest absolute Gasteiger partial charge is 0.348 e. The zero-order valence-electron chi connectivity index (χ0n) is 17.8. The van der Waals surface area contributed by atoms with E-state index >= 15 is 0 Å². The summed E-state index contributed by atoms with van der Waals surface area (Å²) in [6, 6.07) is 16.4. The fourth-order valence-corrected chi connectivity index (χ4v) is 4.37. The van der Waals surface area contributed by atoms with Crippen molar-refractivity contribution in [1.29, 1.82) is 0 Å². The van der Waals surface area contributed by atoms with Crippen LogP contribution in [0, 0.1) is 11.7 Å². The molecular weight excluding hydrogens is 411 g/mol. The fraction of sp³-hybridized carbons (Fsp3) is 0.375. The molecule has 162 valence electrons. The molecule has 1 heterocycles. The molecule has 1 aromatic heterocycles. The van der Waals surface area contributed by atoms with Crippen LogP contribution in [0.15, 0.2) is 59.8 Å². The molecule has 3 aromatic rings. The Labute approximate surface area is 186 Å². The molecule has 0 saturated heterocycles. The molecule has 0 bridgehead atoms. The molecule has 1 atom stereocenters. The minimum Gasteiger partial charge on any atom is -0.348 e. The zero-order valence-corrected chi connectivity index (χ0v) is 18.6. The minimum atomic E-state index is -0.280. The number of nitrogens with one attached hydrogen (secondary N) is 1. The molecule has 31 heavy (non-hydrogen) atoms. The maximum atomic E-state index is 13.3. The summed E-state index contributed by atoms with van der Waals surface area (Å²) in [7, 11) is 0. The van der Waals surface area contributed by atoms with E-state index in [2.05, 4.69) is 32.2 Å². The van der Waals surface area contributed by atoms with E-state index < -0.39 is 0 Å². The molecule has 2 aromatic carbocycles. The van der Waals surface area contributed by atoms with Gasteiger partial charge in [-0.25, -0.2) is 4.39 Å². The van der Waals surface area contributed by atoms with Crippen LogP contribution in [-0.2, 0) is 11.3 Å². The smallest absolute Gasteiger partial charge is 0.230 e. The van der Waals surface area contributed by atoms with Crippen LogP contribution in [0.5, 0.6) is 0 Å². The highest BCUT2D eigenvalue weighted by Gasteiger charge is 2.30.